The number of aliphatic hydroxyl groups excluding tert-OH is 1. The van der Waals surface area contributed by atoms with E-state index in [4.69, 9.17) is 5.11 Å². The van der Waals surface area contributed by atoms with Crippen LogP contribution in [0.3, 0.4) is 0 Å². The van der Waals surface area contributed by atoms with Crippen LogP contribution in [-0.2, 0) is 10.0 Å². The highest BCUT2D eigenvalue weighted by Crippen LogP contribution is 2.28. The van der Waals surface area contributed by atoms with Gasteiger partial charge in [0.05, 0.1) is 0 Å². The van der Waals surface area contributed by atoms with E-state index >= 15 is 0 Å². The first-order valence-electron chi connectivity index (χ1n) is 6.28. The molecule has 1 aromatic heterocycles. The van der Waals surface area contributed by atoms with Crippen molar-refractivity contribution in [2.45, 2.75) is 51.3 Å². The van der Waals surface area contributed by atoms with Crippen LogP contribution in [-0.4, -0.2) is 26.2 Å². The standard InChI is InChI=1S/C13H23NO3S2/c1-9-8-12(18-10(9)2)19(16,17)14-11(6-7-15)13(3,4)5/h8,11,14-15H,6-7H2,1-5H3. The van der Waals surface area contributed by atoms with Crippen LogP contribution in [0, 0.1) is 19.3 Å². The zero-order chi connectivity index (χ0) is 14.8. The van der Waals surface area contributed by atoms with Crippen molar-refractivity contribution in [3.63, 3.8) is 0 Å². The van der Waals surface area contributed by atoms with Crippen molar-refractivity contribution in [1.29, 1.82) is 0 Å². The van der Waals surface area contributed by atoms with E-state index in [9.17, 15) is 8.42 Å². The van der Waals surface area contributed by atoms with Gasteiger partial charge in [0.25, 0.3) is 0 Å². The highest BCUT2D eigenvalue weighted by Gasteiger charge is 2.30. The average Bonchev–Trinajstić information content (AvgIpc) is 2.58. The van der Waals surface area contributed by atoms with Gasteiger partial charge in [-0.2, -0.15) is 0 Å². The number of nitrogens with one attached hydrogen (secondary N) is 1. The van der Waals surface area contributed by atoms with Crippen molar-refractivity contribution in [2.24, 2.45) is 5.41 Å². The predicted molar refractivity (Wildman–Crippen MR) is 79.1 cm³/mol. The summed E-state index contributed by atoms with van der Waals surface area (Å²) >= 11 is 1.28. The van der Waals surface area contributed by atoms with Gasteiger partial charge in [0.2, 0.25) is 10.0 Å². The van der Waals surface area contributed by atoms with Crippen molar-refractivity contribution in [2.75, 3.05) is 6.61 Å². The topological polar surface area (TPSA) is 66.4 Å². The normalized spacial score (nSPS) is 14.6. The predicted octanol–water partition coefficient (Wildman–Crippen LogP) is 2.44. The van der Waals surface area contributed by atoms with Crippen LogP contribution in [0.15, 0.2) is 10.3 Å². The van der Waals surface area contributed by atoms with Crippen molar-refractivity contribution in [1.82, 2.24) is 4.72 Å². The minimum absolute atomic E-state index is 0.0348. The maximum absolute atomic E-state index is 12.3. The first kappa shape index (κ1) is 16.6. The maximum Gasteiger partial charge on any atom is 0.250 e. The molecule has 1 unspecified atom stereocenters. The van der Waals surface area contributed by atoms with Crippen molar-refractivity contribution >= 4 is 21.4 Å². The molecule has 0 saturated carbocycles. The number of sulfonamides is 1. The van der Waals surface area contributed by atoms with Gasteiger partial charge in [-0.3, -0.25) is 0 Å². The molecular weight excluding hydrogens is 282 g/mol. The van der Waals surface area contributed by atoms with Crippen LogP contribution < -0.4 is 4.72 Å². The first-order chi connectivity index (χ1) is 8.58. The van der Waals surface area contributed by atoms with Crippen LogP contribution >= 0.6 is 11.3 Å². The molecule has 2 N–H and O–H groups in total. The Labute approximate surface area is 119 Å². The Morgan fingerprint density at radius 1 is 1.37 bits per heavy atom. The Balaban J connectivity index is 3.00. The molecule has 19 heavy (non-hydrogen) atoms. The highest BCUT2D eigenvalue weighted by atomic mass is 32.2. The minimum atomic E-state index is -3.51. The number of hydrogen-bond acceptors (Lipinski definition) is 4. The molecule has 1 rings (SSSR count). The van der Waals surface area contributed by atoms with Gasteiger partial charge < -0.3 is 5.11 Å². The molecular formula is C13H23NO3S2. The van der Waals surface area contributed by atoms with Crippen LogP contribution in [0.5, 0.6) is 0 Å². The molecule has 1 heterocycles. The van der Waals surface area contributed by atoms with E-state index in [0.717, 1.165) is 10.4 Å². The number of aliphatic hydroxyl groups is 1. The van der Waals surface area contributed by atoms with E-state index in [2.05, 4.69) is 4.72 Å². The SMILES string of the molecule is Cc1cc(S(=O)(=O)NC(CCO)C(C)(C)C)sc1C. The summed E-state index contributed by atoms with van der Waals surface area (Å²) < 4.78 is 27.8. The summed E-state index contributed by atoms with van der Waals surface area (Å²) in [7, 11) is -3.51. The van der Waals surface area contributed by atoms with E-state index < -0.39 is 10.0 Å². The van der Waals surface area contributed by atoms with Crippen molar-refractivity contribution in [3.8, 4) is 0 Å². The zero-order valence-electron chi connectivity index (χ0n) is 12.1. The van der Waals surface area contributed by atoms with Crippen LogP contribution in [0.1, 0.15) is 37.6 Å². The quantitative estimate of drug-likeness (QED) is 0.878. The second-order valence-electron chi connectivity index (χ2n) is 5.86. The number of aryl methyl sites for hydroxylation is 2. The fourth-order valence-electron chi connectivity index (χ4n) is 1.71. The molecule has 4 nitrogen and oxygen atoms in total. The van der Waals surface area contributed by atoms with Gasteiger partial charge in [-0.1, -0.05) is 20.8 Å². The van der Waals surface area contributed by atoms with Gasteiger partial charge in [-0.05, 0) is 37.3 Å². The van der Waals surface area contributed by atoms with Crippen molar-refractivity contribution < 1.29 is 13.5 Å². The molecule has 6 heteroatoms. The lowest BCUT2D eigenvalue weighted by molar-refractivity contribution is 0.214. The molecule has 110 valence electrons. The summed E-state index contributed by atoms with van der Waals surface area (Å²) in [6.45, 7) is 9.66. The molecule has 0 amide bonds. The molecule has 0 saturated heterocycles. The van der Waals surface area contributed by atoms with Gasteiger partial charge in [0, 0.05) is 17.5 Å². The summed E-state index contributed by atoms with van der Waals surface area (Å²) in [5, 5.41) is 9.08. The lowest BCUT2D eigenvalue weighted by Crippen LogP contribution is -2.44. The second kappa shape index (κ2) is 5.91. The Hall–Kier alpha value is -0.430. The summed E-state index contributed by atoms with van der Waals surface area (Å²) in [6, 6.07) is 1.41. The maximum atomic E-state index is 12.3. The summed E-state index contributed by atoms with van der Waals surface area (Å²) in [6.07, 6.45) is 0.409. The third-order valence-corrected chi connectivity index (χ3v) is 6.27. The lowest BCUT2D eigenvalue weighted by atomic mass is 9.86. The largest absolute Gasteiger partial charge is 0.396 e. The third kappa shape index (κ3) is 4.27. The van der Waals surface area contributed by atoms with Crippen LogP contribution in [0.2, 0.25) is 0 Å². The van der Waals surface area contributed by atoms with E-state index in [1.165, 1.54) is 11.3 Å². The molecule has 0 aliphatic rings. The monoisotopic (exact) mass is 305 g/mol. The molecule has 0 aromatic carbocycles. The zero-order valence-corrected chi connectivity index (χ0v) is 13.8. The molecule has 1 atom stereocenters. The van der Waals surface area contributed by atoms with Gasteiger partial charge in [-0.25, -0.2) is 13.1 Å². The Kier molecular flexibility index (Phi) is 5.17. The van der Waals surface area contributed by atoms with Gasteiger partial charge >= 0.3 is 0 Å². The summed E-state index contributed by atoms with van der Waals surface area (Å²) in [5.74, 6) is 0. The summed E-state index contributed by atoms with van der Waals surface area (Å²) in [5.41, 5.74) is 0.747. The summed E-state index contributed by atoms with van der Waals surface area (Å²) in [4.78, 5) is 1.01. The van der Waals surface area contributed by atoms with Crippen molar-refractivity contribution in [3.05, 3.63) is 16.5 Å². The van der Waals surface area contributed by atoms with Gasteiger partial charge in [-0.15, -0.1) is 11.3 Å². The lowest BCUT2D eigenvalue weighted by Gasteiger charge is -2.30. The molecule has 0 aliphatic carbocycles. The number of rotatable bonds is 5. The molecule has 0 radical (unpaired) electrons. The number of thiophene rings is 1. The minimum Gasteiger partial charge on any atom is -0.396 e. The molecule has 0 bridgehead atoms. The van der Waals surface area contributed by atoms with E-state index in [-0.39, 0.29) is 18.1 Å². The smallest absolute Gasteiger partial charge is 0.250 e. The first-order valence-corrected chi connectivity index (χ1v) is 8.58. The fourth-order valence-corrected chi connectivity index (χ4v) is 4.72. The van der Waals surface area contributed by atoms with Gasteiger partial charge in [0.1, 0.15) is 4.21 Å². The van der Waals surface area contributed by atoms with Crippen LogP contribution in [0.25, 0.3) is 0 Å². The second-order valence-corrected chi connectivity index (χ2v) is 9.05. The molecule has 0 aliphatic heterocycles. The van der Waals surface area contributed by atoms with E-state index in [1.807, 2.05) is 34.6 Å². The Morgan fingerprint density at radius 2 is 1.95 bits per heavy atom. The third-order valence-electron chi connectivity index (χ3n) is 3.17. The van der Waals surface area contributed by atoms with Crippen LogP contribution in [0.4, 0.5) is 0 Å². The van der Waals surface area contributed by atoms with Gasteiger partial charge in [0.15, 0.2) is 0 Å². The molecule has 0 spiro atoms. The molecule has 0 fully saturated rings. The molecule has 1 aromatic rings. The number of hydrogen-bond donors (Lipinski definition) is 2. The highest BCUT2D eigenvalue weighted by molar-refractivity contribution is 7.91. The Morgan fingerprint density at radius 3 is 2.32 bits per heavy atom. The van der Waals surface area contributed by atoms with E-state index in [0.29, 0.717) is 10.6 Å². The van der Waals surface area contributed by atoms with E-state index in [1.54, 1.807) is 6.07 Å². The average molecular weight is 305 g/mol. The fraction of sp³-hybridized carbons (Fsp3) is 0.692. The Bertz CT molecular complexity index is 507.